The van der Waals surface area contributed by atoms with E-state index < -0.39 is 23.9 Å². The summed E-state index contributed by atoms with van der Waals surface area (Å²) < 4.78 is 23.9. The fraction of sp³-hybridized carbons (Fsp3) is 0.379. The van der Waals surface area contributed by atoms with E-state index in [9.17, 15) is 33.6 Å². The van der Waals surface area contributed by atoms with Crippen LogP contribution in [0.2, 0.25) is 0 Å². The molecule has 4 aromatic rings. The van der Waals surface area contributed by atoms with Crippen LogP contribution in [0.3, 0.4) is 0 Å². The van der Waals surface area contributed by atoms with Gasteiger partial charge in [-0.25, -0.2) is 0 Å². The summed E-state index contributed by atoms with van der Waals surface area (Å²) in [6.45, 7) is 10.0. The van der Waals surface area contributed by atoms with Crippen molar-refractivity contribution in [2.45, 2.75) is 83.8 Å². The van der Waals surface area contributed by atoms with Gasteiger partial charge in [-0.3, -0.25) is 48.4 Å². The number of carbonyl (C=O) groups is 7. The van der Waals surface area contributed by atoms with Crippen molar-refractivity contribution < 1.29 is 52.5 Å². The Morgan fingerprint density at radius 2 is 1.29 bits per heavy atom. The highest BCUT2D eigenvalue weighted by molar-refractivity contribution is 6.13. The van der Waals surface area contributed by atoms with E-state index in [2.05, 4.69) is 57.1 Å². The second kappa shape index (κ2) is 26.8. The Morgan fingerprint density at radius 1 is 0.663 bits per heavy atom. The van der Waals surface area contributed by atoms with Gasteiger partial charge >= 0.3 is 0 Å². The molecular formula is C66H73N9O11. The Hall–Kier alpha value is -9.17. The second-order valence-corrected chi connectivity index (χ2v) is 22.7. The van der Waals surface area contributed by atoms with E-state index in [0.717, 1.165) is 54.0 Å². The Morgan fingerprint density at radius 3 is 1.95 bits per heavy atom. The molecule has 5 aliphatic heterocycles. The highest BCUT2D eigenvalue weighted by Crippen LogP contribution is 2.43. The maximum atomic E-state index is 14.1. The van der Waals surface area contributed by atoms with Gasteiger partial charge in [-0.05, 0) is 109 Å². The van der Waals surface area contributed by atoms with E-state index in [-0.39, 0.29) is 73.5 Å². The van der Waals surface area contributed by atoms with Gasteiger partial charge in [-0.2, -0.15) is 0 Å². The number of ketones is 1. The maximum Gasteiger partial charge on any atom is 0.260 e. The first-order valence-corrected chi connectivity index (χ1v) is 29.4. The molecule has 0 aromatic heterocycles. The average molecular weight is 1170 g/mol. The molecule has 3 N–H and O–H groups in total. The molecule has 20 nitrogen and oxygen atoms in total. The molecule has 4 unspecified atom stereocenters. The number of carbonyl (C=O) groups excluding carboxylic acids is 7. The number of hydrogen-bond acceptors (Lipinski definition) is 15. The minimum atomic E-state index is -0.919. The predicted octanol–water partition coefficient (Wildman–Crippen LogP) is 8.27. The Labute approximate surface area is 500 Å². The highest BCUT2D eigenvalue weighted by Gasteiger charge is 2.35. The number of benzene rings is 4. The van der Waals surface area contributed by atoms with E-state index in [1.54, 1.807) is 68.1 Å². The van der Waals surface area contributed by atoms with Crippen LogP contribution in [0.4, 0.5) is 22.7 Å². The fourth-order valence-corrected chi connectivity index (χ4v) is 11.2. The zero-order chi connectivity index (χ0) is 60.6. The van der Waals surface area contributed by atoms with Crippen LogP contribution >= 0.6 is 0 Å². The van der Waals surface area contributed by atoms with Crippen molar-refractivity contribution in [2.24, 2.45) is 21.8 Å². The summed E-state index contributed by atoms with van der Waals surface area (Å²) >= 11 is 0. The number of rotatable bonds is 23. The van der Waals surface area contributed by atoms with Gasteiger partial charge in [0.25, 0.3) is 17.7 Å². The molecule has 10 rings (SSSR count). The quantitative estimate of drug-likeness (QED) is 0.0470. The lowest BCUT2D eigenvalue weighted by atomic mass is 9.96. The number of nitrogens with zero attached hydrogens (tertiary/aromatic N) is 6. The van der Waals surface area contributed by atoms with Crippen LogP contribution in [0.15, 0.2) is 119 Å². The Bertz CT molecular complexity index is 3470. The van der Waals surface area contributed by atoms with Gasteiger partial charge < -0.3 is 49.6 Å². The van der Waals surface area contributed by atoms with Gasteiger partial charge in [-0.15, -0.1) is 0 Å². The minimum absolute atomic E-state index is 0.161. The first kappa shape index (κ1) is 60.0. The standard InChI is InChI=1S/C66H73N9O11/c1-40(2)63(71-60(77)11-8-7-9-22-74-61(78)20-21-62(74)79)65(81)69-41(3)64(80)70-48-16-12-42(13-17-48)44-29-45-32-55(76)51-33-56(83-5)58(35-53(51)67-37-46(45)30-44)85-27-10-28-86-59-36-54-52(34-57(59)84-6)66(82)75-39-47(31-50(75)38-68-54)43-14-18-49(19-15-43)73-25-23-72(4)24-26-73/h12-21,29,32-41,46,50,63H,7-11,22-28,30-31H2,1-6H3,(H,69,81)(H,70,80)(H,71,77). The molecule has 5 heterocycles. The number of methoxy groups -OCH3 is 2. The van der Waals surface area contributed by atoms with E-state index in [1.807, 2.05) is 36.8 Å². The minimum Gasteiger partial charge on any atom is -0.493 e. The van der Waals surface area contributed by atoms with Gasteiger partial charge in [-0.1, -0.05) is 50.6 Å². The highest BCUT2D eigenvalue weighted by atomic mass is 16.5. The summed E-state index contributed by atoms with van der Waals surface area (Å²) in [5.41, 5.74) is 8.32. The van der Waals surface area contributed by atoms with Crippen LogP contribution in [0.5, 0.6) is 23.0 Å². The van der Waals surface area contributed by atoms with Crippen molar-refractivity contribution in [1.29, 1.82) is 0 Å². The summed E-state index contributed by atoms with van der Waals surface area (Å²) in [5.74, 6) is -1.07. The number of unbranched alkanes of at least 4 members (excludes halogenated alkanes) is 2. The van der Waals surface area contributed by atoms with Crippen molar-refractivity contribution in [1.82, 2.24) is 25.3 Å². The second-order valence-electron chi connectivity index (χ2n) is 22.7. The molecule has 0 radical (unpaired) electrons. The molecule has 1 aliphatic carbocycles. The number of ether oxygens (including phenoxy) is 4. The molecule has 1 saturated heterocycles. The van der Waals surface area contributed by atoms with Gasteiger partial charge in [0, 0.05) is 112 Å². The lowest BCUT2D eigenvalue weighted by Gasteiger charge is -2.34. The largest absolute Gasteiger partial charge is 0.493 e. The molecule has 0 saturated carbocycles. The summed E-state index contributed by atoms with van der Waals surface area (Å²) in [5, 5.41) is 8.38. The fourth-order valence-electron chi connectivity index (χ4n) is 11.2. The zero-order valence-electron chi connectivity index (χ0n) is 49.4. The predicted molar refractivity (Wildman–Crippen MR) is 329 cm³/mol. The van der Waals surface area contributed by atoms with Gasteiger partial charge in [0.2, 0.25) is 17.7 Å². The molecule has 1 fully saturated rings. The van der Waals surface area contributed by atoms with Crippen molar-refractivity contribution in [3.05, 3.63) is 131 Å². The number of fused-ring (bicyclic) bond motifs is 4. The summed E-state index contributed by atoms with van der Waals surface area (Å²) in [6, 6.07) is 20.7. The number of hydrogen-bond donors (Lipinski definition) is 3. The number of imide groups is 1. The van der Waals surface area contributed by atoms with Crippen LogP contribution in [-0.4, -0.2) is 154 Å². The van der Waals surface area contributed by atoms with Gasteiger partial charge in [0.05, 0.1) is 56.0 Å². The number of nitrogens with one attached hydrogen (secondary N) is 3. The monoisotopic (exact) mass is 1170 g/mol. The third kappa shape index (κ3) is 13.8. The number of allylic oxidation sites excluding steroid dienone is 4. The zero-order valence-corrected chi connectivity index (χ0v) is 49.4. The summed E-state index contributed by atoms with van der Waals surface area (Å²) in [7, 11) is 5.21. The average Bonchev–Trinajstić information content (AvgIpc) is 2.36. The lowest BCUT2D eigenvalue weighted by molar-refractivity contribution is -0.137. The lowest BCUT2D eigenvalue weighted by Crippen LogP contribution is -2.53. The first-order chi connectivity index (χ1) is 41.5. The van der Waals surface area contributed by atoms with Crippen LogP contribution in [-0.2, 0) is 24.0 Å². The van der Waals surface area contributed by atoms with Crippen molar-refractivity contribution >= 4 is 87.6 Å². The number of anilines is 2. The van der Waals surface area contributed by atoms with E-state index in [1.165, 1.54) is 37.0 Å². The van der Waals surface area contributed by atoms with Crippen LogP contribution < -0.4 is 39.8 Å². The molecule has 6 amide bonds. The molecule has 20 heteroatoms. The van der Waals surface area contributed by atoms with Crippen LogP contribution in [0.25, 0.3) is 11.1 Å². The molecule has 4 aromatic carbocycles. The normalized spacial score (nSPS) is 18.6. The van der Waals surface area contributed by atoms with Crippen molar-refractivity contribution in [3.8, 4) is 23.0 Å². The molecule has 86 heavy (non-hydrogen) atoms. The number of aliphatic imine (C=N–C) groups is 2. The van der Waals surface area contributed by atoms with Crippen molar-refractivity contribution in [2.75, 3.05) is 77.4 Å². The van der Waals surface area contributed by atoms with Crippen molar-refractivity contribution in [3.63, 3.8) is 0 Å². The topological polar surface area (TPSA) is 230 Å². The molecule has 4 atom stereocenters. The number of piperazine rings is 1. The van der Waals surface area contributed by atoms with Gasteiger partial charge in [0.1, 0.15) is 12.1 Å². The third-order valence-electron chi connectivity index (χ3n) is 16.3. The summed E-state index contributed by atoms with van der Waals surface area (Å²) in [6.07, 6.45) is 15.3. The Balaban J connectivity index is 0.685. The number of likely N-dealkylation sites (N-methyl/N-ethyl adjacent to an activating group) is 1. The smallest absolute Gasteiger partial charge is 0.260 e. The molecule has 0 spiro atoms. The molecule has 448 valence electrons. The molecule has 6 aliphatic rings. The SMILES string of the molecule is COc1cc2c(cc1OCCCOc1cc3c(cc1OC)C(=O)N1C=C(c4ccc(N5CCN(C)CC5)cc4)CC1C=N3)N=CC1CC(c3ccc(NC(=O)C(C)NC(=O)C(NC(=O)CCCCCN4C(=O)C=CC4=O)C(C)C)cc3)=CC1=CC2=O. The maximum absolute atomic E-state index is 14.1. The molecular weight excluding hydrogens is 1090 g/mol. The van der Waals surface area contributed by atoms with Crippen LogP contribution in [0.1, 0.15) is 97.6 Å². The number of amides is 6. The first-order valence-electron chi connectivity index (χ1n) is 29.4. The summed E-state index contributed by atoms with van der Waals surface area (Å²) in [4.78, 5) is 108. The van der Waals surface area contributed by atoms with E-state index in [4.69, 9.17) is 28.9 Å². The van der Waals surface area contributed by atoms with Crippen LogP contribution in [0, 0.1) is 11.8 Å². The molecule has 0 bridgehead atoms. The van der Waals surface area contributed by atoms with E-state index >= 15 is 0 Å². The van der Waals surface area contributed by atoms with E-state index in [0.29, 0.717) is 89.7 Å². The van der Waals surface area contributed by atoms with Gasteiger partial charge in [0.15, 0.2) is 28.8 Å². The Kier molecular flexibility index (Phi) is 18.7. The third-order valence-corrected chi connectivity index (χ3v) is 16.3.